The van der Waals surface area contributed by atoms with Crippen LogP contribution in [0.1, 0.15) is 37.7 Å². The summed E-state index contributed by atoms with van der Waals surface area (Å²) in [5.41, 5.74) is 0.952. The number of rotatable bonds is 7. The van der Waals surface area contributed by atoms with Gasteiger partial charge in [0.05, 0.1) is 31.9 Å². The van der Waals surface area contributed by atoms with Gasteiger partial charge in [-0.1, -0.05) is 42.5 Å². The summed E-state index contributed by atoms with van der Waals surface area (Å²) in [5.74, 6) is 0.912. The van der Waals surface area contributed by atoms with Crippen molar-refractivity contribution in [2.75, 3.05) is 52.4 Å². The van der Waals surface area contributed by atoms with E-state index in [4.69, 9.17) is 14.2 Å². The maximum atomic E-state index is 13.8. The second kappa shape index (κ2) is 14.7. The van der Waals surface area contributed by atoms with Crippen LogP contribution in [0.3, 0.4) is 0 Å². The zero-order valence-corrected chi connectivity index (χ0v) is 25.7. The fourth-order valence-corrected chi connectivity index (χ4v) is 6.50. The van der Waals surface area contributed by atoms with E-state index >= 15 is 0 Å². The zero-order valence-electron chi connectivity index (χ0n) is 25.7. The van der Waals surface area contributed by atoms with E-state index in [9.17, 15) is 14.4 Å². The highest BCUT2D eigenvalue weighted by atomic mass is 16.5. The van der Waals surface area contributed by atoms with Crippen molar-refractivity contribution in [2.24, 2.45) is 11.3 Å². The molecule has 3 atom stereocenters. The van der Waals surface area contributed by atoms with Crippen molar-refractivity contribution in [3.05, 3.63) is 66.2 Å². The van der Waals surface area contributed by atoms with Gasteiger partial charge in [0.2, 0.25) is 17.7 Å². The molecule has 3 amide bonds. The predicted octanol–water partition coefficient (Wildman–Crippen LogP) is 3.32. The molecule has 10 heteroatoms. The highest BCUT2D eigenvalue weighted by molar-refractivity contribution is 5.94. The van der Waals surface area contributed by atoms with Gasteiger partial charge in [0, 0.05) is 44.8 Å². The Morgan fingerprint density at radius 3 is 2.59 bits per heavy atom. The fourth-order valence-electron chi connectivity index (χ4n) is 6.50. The second-order valence-corrected chi connectivity index (χ2v) is 12.0. The molecule has 0 unspecified atom stereocenters. The van der Waals surface area contributed by atoms with Crippen molar-refractivity contribution >= 4 is 23.4 Å². The van der Waals surface area contributed by atoms with Gasteiger partial charge >= 0.3 is 0 Å². The maximum absolute atomic E-state index is 13.8. The summed E-state index contributed by atoms with van der Waals surface area (Å²) in [6.45, 7) is 2.59. The van der Waals surface area contributed by atoms with Crippen molar-refractivity contribution in [1.82, 2.24) is 15.5 Å². The van der Waals surface area contributed by atoms with Crippen molar-refractivity contribution in [3.63, 3.8) is 0 Å². The Labute approximate surface area is 259 Å². The number of hydrogen-bond acceptors (Lipinski definition) is 7. The van der Waals surface area contributed by atoms with Gasteiger partial charge in [-0.25, -0.2) is 0 Å². The first-order chi connectivity index (χ1) is 21.4. The van der Waals surface area contributed by atoms with E-state index in [0.29, 0.717) is 75.6 Å². The van der Waals surface area contributed by atoms with E-state index in [-0.39, 0.29) is 36.2 Å². The number of carbonyl (C=O) groups excluding carboxylic acids is 3. The molecule has 0 radical (unpaired) electrons. The molecule has 0 aromatic heterocycles. The zero-order chi connectivity index (χ0) is 30.9. The molecular formula is C34H44N4O6. The second-order valence-electron chi connectivity index (χ2n) is 12.0. The number of amides is 3. The third-order valence-corrected chi connectivity index (χ3v) is 9.14. The lowest BCUT2D eigenvalue weighted by molar-refractivity contribution is -0.140. The number of ether oxygens (including phenoxy) is 3. The number of nitrogens with zero attached hydrogens (tertiary/aromatic N) is 1. The van der Waals surface area contributed by atoms with Crippen LogP contribution in [0.15, 0.2) is 60.7 Å². The van der Waals surface area contributed by atoms with Crippen molar-refractivity contribution < 1.29 is 28.6 Å². The monoisotopic (exact) mass is 604 g/mol. The molecule has 44 heavy (non-hydrogen) atoms. The smallest absolute Gasteiger partial charge is 0.243 e. The number of benzene rings is 2. The number of methoxy groups -OCH3 is 2. The van der Waals surface area contributed by atoms with Gasteiger partial charge in [-0.3, -0.25) is 19.3 Å². The van der Waals surface area contributed by atoms with Crippen LogP contribution in [0, 0.1) is 11.3 Å². The number of piperidine rings is 1. The number of anilines is 1. The molecule has 1 spiro atoms. The minimum Gasteiger partial charge on any atom is -0.497 e. The quantitative estimate of drug-likeness (QED) is 0.415. The molecule has 0 aliphatic carbocycles. The van der Waals surface area contributed by atoms with Gasteiger partial charge < -0.3 is 30.2 Å². The summed E-state index contributed by atoms with van der Waals surface area (Å²) in [4.78, 5) is 42.8. The molecule has 3 aliphatic rings. The first kappa shape index (κ1) is 31.5. The fraction of sp³-hybridized carbons (Fsp3) is 0.500. The number of nitrogens with one attached hydrogen (secondary N) is 3. The Morgan fingerprint density at radius 2 is 1.84 bits per heavy atom. The number of allylic oxidation sites excluding steroid dienone is 2. The normalized spacial score (nSPS) is 24.2. The third-order valence-electron chi connectivity index (χ3n) is 9.14. The topological polar surface area (TPSA) is 118 Å². The molecule has 10 nitrogen and oxygen atoms in total. The van der Waals surface area contributed by atoms with E-state index in [1.807, 2.05) is 30.3 Å². The van der Waals surface area contributed by atoms with Crippen LogP contribution in [0.4, 0.5) is 5.69 Å². The van der Waals surface area contributed by atoms with Crippen LogP contribution >= 0.6 is 0 Å². The summed E-state index contributed by atoms with van der Waals surface area (Å²) >= 11 is 0. The van der Waals surface area contributed by atoms with Gasteiger partial charge in [-0.2, -0.15) is 0 Å². The van der Waals surface area contributed by atoms with Crippen LogP contribution in [0.2, 0.25) is 0 Å². The lowest BCUT2D eigenvalue weighted by atomic mass is 9.75. The van der Waals surface area contributed by atoms with Crippen molar-refractivity contribution in [3.8, 4) is 11.5 Å². The van der Waals surface area contributed by atoms with Gasteiger partial charge in [-0.05, 0) is 55.7 Å². The molecule has 5 rings (SSSR count). The molecule has 3 heterocycles. The Bertz CT molecular complexity index is 1330. The molecular weight excluding hydrogens is 560 g/mol. The first-order valence-corrected chi connectivity index (χ1v) is 15.5. The van der Waals surface area contributed by atoms with Gasteiger partial charge in [-0.15, -0.1) is 0 Å². The van der Waals surface area contributed by atoms with E-state index in [0.717, 1.165) is 12.0 Å². The molecule has 0 saturated carbocycles. The van der Waals surface area contributed by atoms with Crippen LogP contribution in [0.25, 0.3) is 0 Å². The molecule has 2 aromatic carbocycles. The Hall–Kier alpha value is -3.89. The van der Waals surface area contributed by atoms with E-state index in [1.165, 1.54) is 0 Å². The van der Waals surface area contributed by atoms with Crippen LogP contribution in [0.5, 0.6) is 11.5 Å². The number of fused-ring (bicyclic) bond motifs is 1. The largest absolute Gasteiger partial charge is 0.497 e. The lowest BCUT2D eigenvalue weighted by Gasteiger charge is -2.40. The standard InChI is InChI=1S/C34H44N4O6/c1-42-26-11-12-30(43-2)28(21-26)35-31(39)23-38-17-13-27-25(22-38)10-6-7-14-34(15-18-44-19-16-34)33(41)37-29(32(40)36-27)20-24-8-4-3-5-9-24/h3-9,11-12,21,25,27,29H,10,13-20,22-23H2,1-2H3,(H,35,39)(H,36,40)(H,37,41)/t25-,27+,29+/m0/s1. The number of hydrogen-bond donors (Lipinski definition) is 3. The molecule has 2 aromatic rings. The Kier molecular flexibility index (Phi) is 10.6. The van der Waals surface area contributed by atoms with Crippen LogP contribution in [-0.2, 0) is 25.5 Å². The molecule has 2 saturated heterocycles. The van der Waals surface area contributed by atoms with Crippen LogP contribution in [-0.4, -0.2) is 81.8 Å². The molecule has 3 N–H and O–H groups in total. The van der Waals surface area contributed by atoms with E-state index in [1.54, 1.807) is 32.4 Å². The Balaban J connectivity index is 1.31. The Morgan fingerprint density at radius 1 is 1.05 bits per heavy atom. The van der Waals surface area contributed by atoms with Crippen molar-refractivity contribution in [2.45, 2.75) is 50.6 Å². The predicted molar refractivity (Wildman–Crippen MR) is 168 cm³/mol. The summed E-state index contributed by atoms with van der Waals surface area (Å²) in [7, 11) is 3.14. The van der Waals surface area contributed by atoms with Gasteiger partial charge in [0.1, 0.15) is 17.5 Å². The minimum absolute atomic E-state index is 0.0726. The summed E-state index contributed by atoms with van der Waals surface area (Å²) in [6.07, 6.45) is 7.97. The van der Waals surface area contributed by atoms with E-state index in [2.05, 4.69) is 33.0 Å². The average Bonchev–Trinajstić information content (AvgIpc) is 3.04. The van der Waals surface area contributed by atoms with E-state index < -0.39 is 11.5 Å². The van der Waals surface area contributed by atoms with Crippen molar-refractivity contribution in [1.29, 1.82) is 0 Å². The van der Waals surface area contributed by atoms with Crippen LogP contribution < -0.4 is 25.4 Å². The maximum Gasteiger partial charge on any atom is 0.243 e. The highest BCUT2D eigenvalue weighted by Crippen LogP contribution is 2.36. The lowest BCUT2D eigenvalue weighted by Crippen LogP contribution is -2.58. The molecule has 3 aliphatic heterocycles. The summed E-state index contributed by atoms with van der Waals surface area (Å²) in [6, 6.07) is 14.3. The molecule has 0 bridgehead atoms. The summed E-state index contributed by atoms with van der Waals surface area (Å²) < 4.78 is 16.3. The van der Waals surface area contributed by atoms with Gasteiger partial charge in [0.25, 0.3) is 0 Å². The molecule has 2 fully saturated rings. The first-order valence-electron chi connectivity index (χ1n) is 15.5. The number of likely N-dealkylation sites (tertiary alicyclic amines) is 1. The summed E-state index contributed by atoms with van der Waals surface area (Å²) in [5, 5.41) is 9.40. The SMILES string of the molecule is COc1ccc(OC)c(NC(=O)CN2CC[C@H]3NC(=O)[C@@H](Cc4ccccc4)NC(=O)C4(CC=CC[C@H]3C2)CCOCC4)c1. The molecule has 236 valence electrons. The average molecular weight is 605 g/mol. The number of carbonyl (C=O) groups is 3. The third kappa shape index (κ3) is 7.78. The van der Waals surface area contributed by atoms with Gasteiger partial charge in [0.15, 0.2) is 0 Å². The highest BCUT2D eigenvalue weighted by Gasteiger charge is 2.41. The minimum atomic E-state index is -0.685.